The molecule has 1 aliphatic rings. The molecule has 2 rings (SSSR count). The maximum atomic E-state index is 12.6. The van der Waals surface area contributed by atoms with Crippen molar-refractivity contribution in [3.8, 4) is 0 Å². The van der Waals surface area contributed by atoms with Gasteiger partial charge in [-0.15, -0.1) is 0 Å². The molecule has 1 N–H and O–H groups in total. The topological polar surface area (TPSA) is 66.5 Å². The number of anilines is 1. The van der Waals surface area contributed by atoms with Crippen LogP contribution in [-0.4, -0.2) is 45.0 Å². The summed E-state index contributed by atoms with van der Waals surface area (Å²) in [6.45, 7) is 8.67. The molecule has 0 spiro atoms. The quantitative estimate of drug-likeness (QED) is 0.640. The van der Waals surface area contributed by atoms with Crippen LogP contribution in [0.4, 0.5) is 5.69 Å². The van der Waals surface area contributed by atoms with Crippen LogP contribution in [-0.2, 0) is 10.0 Å². The van der Waals surface area contributed by atoms with E-state index in [2.05, 4.69) is 16.2 Å². The van der Waals surface area contributed by atoms with Crippen LogP contribution in [0.2, 0.25) is 0 Å². The van der Waals surface area contributed by atoms with Crippen LogP contribution in [0.3, 0.4) is 0 Å². The van der Waals surface area contributed by atoms with E-state index < -0.39 is 10.0 Å². The van der Waals surface area contributed by atoms with E-state index in [0.29, 0.717) is 11.3 Å². The highest BCUT2D eigenvalue weighted by Gasteiger charge is 2.25. The number of benzene rings is 1. The van der Waals surface area contributed by atoms with E-state index in [1.165, 1.54) is 0 Å². The number of nitrogens with zero attached hydrogens (tertiary/aromatic N) is 1. The SMILES string of the molecule is C=C(C)CN1CCC(C(=O)c2ccc(NS(C)(=O)=O)cc2)CC1. The van der Waals surface area contributed by atoms with Gasteiger partial charge in [0.1, 0.15) is 0 Å². The van der Waals surface area contributed by atoms with E-state index in [4.69, 9.17) is 0 Å². The lowest BCUT2D eigenvalue weighted by Gasteiger charge is -2.31. The van der Waals surface area contributed by atoms with Crippen molar-refractivity contribution in [1.82, 2.24) is 4.90 Å². The fourth-order valence-corrected chi connectivity index (χ4v) is 3.45. The van der Waals surface area contributed by atoms with E-state index in [1.807, 2.05) is 6.92 Å². The predicted molar refractivity (Wildman–Crippen MR) is 93.2 cm³/mol. The van der Waals surface area contributed by atoms with Crippen LogP contribution in [0.1, 0.15) is 30.1 Å². The first-order chi connectivity index (χ1) is 10.7. The third-order valence-electron chi connectivity index (χ3n) is 3.92. The number of ketones is 1. The maximum Gasteiger partial charge on any atom is 0.229 e. The second-order valence-electron chi connectivity index (χ2n) is 6.32. The molecule has 0 aliphatic carbocycles. The third-order valence-corrected chi connectivity index (χ3v) is 4.53. The van der Waals surface area contributed by atoms with Crippen molar-refractivity contribution in [2.75, 3.05) is 30.6 Å². The zero-order valence-corrected chi connectivity index (χ0v) is 14.5. The van der Waals surface area contributed by atoms with Gasteiger partial charge in [-0.25, -0.2) is 8.42 Å². The number of piperidine rings is 1. The Labute approximate surface area is 138 Å². The van der Waals surface area contributed by atoms with Crippen LogP contribution in [0.15, 0.2) is 36.4 Å². The van der Waals surface area contributed by atoms with E-state index in [1.54, 1.807) is 24.3 Å². The molecule has 1 aromatic carbocycles. The number of nitrogens with one attached hydrogen (secondary N) is 1. The first-order valence-electron chi connectivity index (χ1n) is 7.73. The van der Waals surface area contributed by atoms with Crippen LogP contribution in [0, 0.1) is 5.92 Å². The highest BCUT2D eigenvalue weighted by atomic mass is 32.2. The lowest BCUT2D eigenvalue weighted by molar-refractivity contribution is 0.0847. The number of rotatable bonds is 6. The molecule has 0 saturated carbocycles. The van der Waals surface area contributed by atoms with Gasteiger partial charge in [-0.3, -0.25) is 14.4 Å². The molecule has 1 fully saturated rings. The van der Waals surface area contributed by atoms with E-state index >= 15 is 0 Å². The normalized spacial score (nSPS) is 17.0. The molecule has 126 valence electrons. The van der Waals surface area contributed by atoms with E-state index in [9.17, 15) is 13.2 Å². The average Bonchev–Trinajstić information content (AvgIpc) is 2.46. The molecule has 1 saturated heterocycles. The number of Topliss-reactive ketones (excluding diaryl/α,β-unsaturated/α-hetero) is 1. The predicted octanol–water partition coefficient (Wildman–Crippen LogP) is 2.53. The Bertz CT molecular complexity index is 672. The number of hydrogen-bond acceptors (Lipinski definition) is 4. The van der Waals surface area contributed by atoms with Gasteiger partial charge in [-0.05, 0) is 57.1 Å². The smallest absolute Gasteiger partial charge is 0.229 e. The van der Waals surface area contributed by atoms with Gasteiger partial charge >= 0.3 is 0 Å². The molecular weight excluding hydrogens is 312 g/mol. The summed E-state index contributed by atoms with van der Waals surface area (Å²) in [7, 11) is -3.29. The van der Waals surface area contributed by atoms with Crippen LogP contribution >= 0.6 is 0 Å². The molecule has 23 heavy (non-hydrogen) atoms. The Kier molecular flexibility index (Phi) is 5.59. The van der Waals surface area contributed by atoms with Gasteiger partial charge in [0, 0.05) is 23.7 Å². The molecule has 6 heteroatoms. The Balaban J connectivity index is 1.95. The summed E-state index contributed by atoms with van der Waals surface area (Å²) in [5.74, 6) is 0.191. The summed E-state index contributed by atoms with van der Waals surface area (Å²) in [4.78, 5) is 14.9. The number of likely N-dealkylation sites (tertiary alicyclic amines) is 1. The zero-order valence-electron chi connectivity index (χ0n) is 13.7. The van der Waals surface area contributed by atoms with Crippen molar-refractivity contribution in [2.45, 2.75) is 19.8 Å². The Morgan fingerprint density at radius 1 is 1.26 bits per heavy atom. The van der Waals surface area contributed by atoms with Gasteiger partial charge in [0.05, 0.1) is 6.26 Å². The minimum Gasteiger partial charge on any atom is -0.299 e. The summed E-state index contributed by atoms with van der Waals surface area (Å²) < 4.78 is 24.8. The van der Waals surface area contributed by atoms with Crippen molar-refractivity contribution in [2.24, 2.45) is 5.92 Å². The van der Waals surface area contributed by atoms with Gasteiger partial charge < -0.3 is 0 Å². The van der Waals surface area contributed by atoms with Crippen molar-refractivity contribution in [1.29, 1.82) is 0 Å². The second-order valence-corrected chi connectivity index (χ2v) is 8.07. The summed E-state index contributed by atoms with van der Waals surface area (Å²) in [5, 5.41) is 0. The minimum absolute atomic E-state index is 0.0464. The fourth-order valence-electron chi connectivity index (χ4n) is 2.89. The van der Waals surface area contributed by atoms with E-state index in [0.717, 1.165) is 44.3 Å². The van der Waals surface area contributed by atoms with Crippen molar-refractivity contribution < 1.29 is 13.2 Å². The standard InChI is InChI=1S/C17H24N2O3S/c1-13(2)12-19-10-8-15(9-11-19)17(20)14-4-6-16(7-5-14)18-23(3,21)22/h4-7,15,18H,1,8-12H2,2-3H3. The molecule has 0 atom stereocenters. The molecule has 1 heterocycles. The highest BCUT2D eigenvalue weighted by Crippen LogP contribution is 2.23. The summed E-state index contributed by atoms with van der Waals surface area (Å²) in [6, 6.07) is 6.64. The molecule has 1 aromatic rings. The fraction of sp³-hybridized carbons (Fsp3) is 0.471. The number of hydrogen-bond donors (Lipinski definition) is 1. The van der Waals surface area contributed by atoms with Crippen molar-refractivity contribution in [3.63, 3.8) is 0 Å². The number of carbonyl (C=O) groups is 1. The second kappa shape index (κ2) is 7.27. The molecule has 0 bridgehead atoms. The van der Waals surface area contributed by atoms with Crippen molar-refractivity contribution in [3.05, 3.63) is 42.0 Å². The van der Waals surface area contributed by atoms with Gasteiger partial charge in [-0.2, -0.15) is 0 Å². The first-order valence-corrected chi connectivity index (χ1v) is 9.62. The summed E-state index contributed by atoms with van der Waals surface area (Å²) in [5.41, 5.74) is 2.26. The van der Waals surface area contributed by atoms with Crippen LogP contribution in [0.5, 0.6) is 0 Å². The summed E-state index contributed by atoms with van der Waals surface area (Å²) >= 11 is 0. The average molecular weight is 336 g/mol. The molecular formula is C17H24N2O3S. The lowest BCUT2D eigenvalue weighted by Crippen LogP contribution is -2.37. The molecule has 0 radical (unpaired) electrons. The third kappa shape index (κ3) is 5.48. The molecule has 1 aliphatic heterocycles. The maximum absolute atomic E-state index is 12.6. The van der Waals surface area contributed by atoms with Crippen molar-refractivity contribution >= 4 is 21.5 Å². The zero-order chi connectivity index (χ0) is 17.0. The molecule has 0 aromatic heterocycles. The molecule has 5 nitrogen and oxygen atoms in total. The number of carbonyl (C=O) groups excluding carboxylic acids is 1. The Morgan fingerprint density at radius 3 is 2.30 bits per heavy atom. The van der Waals surface area contributed by atoms with Gasteiger partial charge in [0.25, 0.3) is 0 Å². The summed E-state index contributed by atoms with van der Waals surface area (Å²) in [6.07, 6.45) is 2.82. The molecule has 0 amide bonds. The monoisotopic (exact) mass is 336 g/mol. The number of sulfonamides is 1. The van der Waals surface area contributed by atoms with Crippen LogP contribution < -0.4 is 4.72 Å². The Hall–Kier alpha value is -1.66. The minimum atomic E-state index is -3.29. The van der Waals surface area contributed by atoms with Gasteiger partial charge in [-0.1, -0.05) is 12.2 Å². The van der Waals surface area contributed by atoms with Gasteiger partial charge in [0.15, 0.2) is 5.78 Å². The Morgan fingerprint density at radius 2 is 1.83 bits per heavy atom. The molecule has 0 unspecified atom stereocenters. The van der Waals surface area contributed by atoms with Crippen LogP contribution in [0.25, 0.3) is 0 Å². The first kappa shape index (κ1) is 17.7. The highest BCUT2D eigenvalue weighted by molar-refractivity contribution is 7.92. The largest absolute Gasteiger partial charge is 0.299 e. The van der Waals surface area contributed by atoms with E-state index in [-0.39, 0.29) is 11.7 Å². The van der Waals surface area contributed by atoms with Gasteiger partial charge in [0.2, 0.25) is 10.0 Å². The lowest BCUT2D eigenvalue weighted by atomic mass is 9.88.